The van der Waals surface area contributed by atoms with Crippen LogP contribution in [0, 0.1) is 11.3 Å². The number of piperidine rings is 1. The predicted octanol–water partition coefficient (Wildman–Crippen LogP) is 8.08. The molecule has 4 atom stereocenters. The Morgan fingerprint density at radius 3 is 2.20 bits per heavy atom. The van der Waals surface area contributed by atoms with Gasteiger partial charge in [0.15, 0.2) is 9.84 Å². The van der Waals surface area contributed by atoms with Crippen molar-refractivity contribution in [3.63, 3.8) is 0 Å². The molecule has 9 heteroatoms. The molecular weight excluding hydrogens is 615 g/mol. The molecule has 44 heavy (non-hydrogen) atoms. The fourth-order valence-electron chi connectivity index (χ4n) is 6.39. The molecule has 1 saturated carbocycles. The molecule has 6 nitrogen and oxygen atoms in total. The molecule has 5 rings (SSSR count). The Kier molecular flexibility index (Phi) is 9.23. The summed E-state index contributed by atoms with van der Waals surface area (Å²) in [5, 5.41) is 4.08. The molecule has 1 heterocycles. The van der Waals surface area contributed by atoms with E-state index in [1.54, 1.807) is 45.0 Å². The average molecular weight is 656 g/mol. The van der Waals surface area contributed by atoms with Crippen LogP contribution in [0.25, 0.3) is 0 Å². The van der Waals surface area contributed by atoms with Gasteiger partial charge in [0.2, 0.25) is 11.8 Å². The van der Waals surface area contributed by atoms with Gasteiger partial charge in [0.25, 0.3) is 0 Å². The quantitative estimate of drug-likeness (QED) is 0.253. The summed E-state index contributed by atoms with van der Waals surface area (Å²) in [5.74, 6) is -0.843. The van der Waals surface area contributed by atoms with Crippen LogP contribution in [0.5, 0.6) is 0 Å². The molecule has 3 aromatic carbocycles. The number of anilines is 1. The first-order valence-corrected chi connectivity index (χ1v) is 17.5. The van der Waals surface area contributed by atoms with Gasteiger partial charge in [-0.2, -0.15) is 0 Å². The third-order valence-electron chi connectivity index (χ3n) is 9.05. The highest BCUT2D eigenvalue weighted by atomic mass is 35.5. The highest BCUT2D eigenvalue weighted by molar-refractivity contribution is 7.92. The minimum Gasteiger partial charge on any atom is -0.330 e. The van der Waals surface area contributed by atoms with E-state index in [2.05, 4.69) is 5.32 Å². The molecule has 2 fully saturated rings. The number of amides is 2. The lowest BCUT2D eigenvalue weighted by molar-refractivity contribution is -0.156. The zero-order valence-electron chi connectivity index (χ0n) is 25.6. The molecule has 234 valence electrons. The summed E-state index contributed by atoms with van der Waals surface area (Å²) in [7, 11) is -3.59. The van der Waals surface area contributed by atoms with E-state index < -0.39 is 32.1 Å². The van der Waals surface area contributed by atoms with Crippen molar-refractivity contribution in [2.24, 2.45) is 11.3 Å². The lowest BCUT2D eigenvalue weighted by Crippen LogP contribution is -2.59. The van der Waals surface area contributed by atoms with Crippen molar-refractivity contribution in [3.05, 3.63) is 100 Å². The van der Waals surface area contributed by atoms with Crippen molar-refractivity contribution in [3.8, 4) is 0 Å². The van der Waals surface area contributed by atoms with E-state index >= 15 is 0 Å². The van der Waals surface area contributed by atoms with Gasteiger partial charge in [0, 0.05) is 34.1 Å². The number of para-hydroxylation sites is 1. The van der Waals surface area contributed by atoms with Crippen LogP contribution < -0.4 is 5.32 Å². The van der Waals surface area contributed by atoms with Gasteiger partial charge in [-0.05, 0) is 93.5 Å². The Hall–Kier alpha value is -2.87. The second kappa shape index (κ2) is 12.5. The molecule has 0 aromatic heterocycles. The summed E-state index contributed by atoms with van der Waals surface area (Å²) in [6, 6.07) is 23.2. The monoisotopic (exact) mass is 654 g/mol. The van der Waals surface area contributed by atoms with Crippen LogP contribution in [0.2, 0.25) is 10.0 Å². The van der Waals surface area contributed by atoms with Gasteiger partial charge in [-0.3, -0.25) is 9.59 Å². The molecule has 1 aliphatic carbocycles. The molecule has 2 amide bonds. The third-order valence-corrected chi connectivity index (χ3v) is 12.2. The Balaban J connectivity index is 1.65. The maximum absolute atomic E-state index is 14.9. The number of carbonyl (C=O) groups excluding carboxylic acids is 2. The van der Waals surface area contributed by atoms with Crippen LogP contribution >= 0.6 is 23.2 Å². The van der Waals surface area contributed by atoms with E-state index in [1.165, 1.54) is 0 Å². The van der Waals surface area contributed by atoms with E-state index in [-0.39, 0.29) is 35.8 Å². The fraction of sp³-hybridized carbons (Fsp3) is 0.429. The lowest BCUT2D eigenvalue weighted by atomic mass is 9.67. The minimum atomic E-state index is -3.59. The standard InChI is InChI=1S/C35H40Cl2N2O4S/c1-34(2,3)44(42,43)22-30(23-13-14-23)39-32(24-15-17-26(36)18-16-24)29(25-9-8-10-27(37)19-25)20-35(4,33(39)41)21-31(40)38-28-11-6-5-7-12-28/h5-12,15-19,23,29-30,32H,13-14,20-22H2,1-4H3,(H,38,40)/t29-,30-,32-,35-/m1/s1. The topological polar surface area (TPSA) is 83.6 Å². The number of nitrogens with one attached hydrogen (secondary N) is 1. The maximum Gasteiger partial charge on any atom is 0.229 e. The van der Waals surface area contributed by atoms with E-state index in [9.17, 15) is 18.0 Å². The smallest absolute Gasteiger partial charge is 0.229 e. The summed E-state index contributed by atoms with van der Waals surface area (Å²) in [4.78, 5) is 30.3. The van der Waals surface area contributed by atoms with Crippen molar-refractivity contribution in [2.45, 2.75) is 76.1 Å². The Bertz CT molecular complexity index is 1620. The van der Waals surface area contributed by atoms with Crippen LogP contribution in [0.3, 0.4) is 0 Å². The minimum absolute atomic E-state index is 0.0476. The highest BCUT2D eigenvalue weighted by Gasteiger charge is 2.55. The Morgan fingerprint density at radius 2 is 1.61 bits per heavy atom. The number of hydrogen-bond donors (Lipinski definition) is 1. The van der Waals surface area contributed by atoms with Gasteiger partial charge in [-0.1, -0.05) is 72.6 Å². The zero-order chi connectivity index (χ0) is 31.9. The lowest BCUT2D eigenvalue weighted by Gasteiger charge is -2.52. The molecule has 0 spiro atoms. The van der Waals surface area contributed by atoms with Crippen molar-refractivity contribution in [1.82, 2.24) is 4.90 Å². The average Bonchev–Trinajstić information content (AvgIpc) is 3.79. The summed E-state index contributed by atoms with van der Waals surface area (Å²) < 4.78 is 26.5. The molecule has 0 bridgehead atoms. The number of benzene rings is 3. The number of sulfone groups is 1. The van der Waals surface area contributed by atoms with Gasteiger partial charge in [-0.25, -0.2) is 8.42 Å². The van der Waals surface area contributed by atoms with Gasteiger partial charge in [0.05, 0.1) is 22.0 Å². The van der Waals surface area contributed by atoms with Crippen LogP contribution in [-0.4, -0.2) is 41.7 Å². The summed E-state index contributed by atoms with van der Waals surface area (Å²) in [5.41, 5.74) is 1.34. The number of likely N-dealkylation sites (tertiary alicyclic amines) is 1. The first-order valence-electron chi connectivity index (χ1n) is 15.1. The third kappa shape index (κ3) is 7.00. The zero-order valence-corrected chi connectivity index (χ0v) is 27.9. The van der Waals surface area contributed by atoms with Crippen LogP contribution in [0.15, 0.2) is 78.9 Å². The largest absolute Gasteiger partial charge is 0.330 e. The molecular formula is C35H40Cl2N2O4S. The number of rotatable bonds is 9. The molecule has 1 saturated heterocycles. The summed E-state index contributed by atoms with van der Waals surface area (Å²) >= 11 is 12.8. The van der Waals surface area contributed by atoms with E-state index in [4.69, 9.17) is 23.2 Å². The van der Waals surface area contributed by atoms with Gasteiger partial charge in [0.1, 0.15) is 0 Å². The normalized spacial score (nSPS) is 23.3. The molecule has 1 N–H and O–H groups in total. The predicted molar refractivity (Wildman–Crippen MR) is 178 cm³/mol. The van der Waals surface area contributed by atoms with Crippen molar-refractivity contribution >= 4 is 50.5 Å². The van der Waals surface area contributed by atoms with Gasteiger partial charge < -0.3 is 10.2 Å². The van der Waals surface area contributed by atoms with Crippen molar-refractivity contribution in [2.75, 3.05) is 11.1 Å². The SMILES string of the molecule is CC(C)(C)S(=O)(=O)C[C@H](C1CC1)N1C(=O)[C@@](C)(CC(=O)Nc2ccccc2)C[C@H](c2cccc(Cl)c2)[C@H]1c1ccc(Cl)cc1. The second-order valence-electron chi connectivity index (χ2n) is 13.5. The van der Waals surface area contributed by atoms with Gasteiger partial charge >= 0.3 is 0 Å². The Morgan fingerprint density at radius 1 is 0.955 bits per heavy atom. The van der Waals surface area contributed by atoms with E-state index in [1.807, 2.05) is 66.4 Å². The maximum atomic E-state index is 14.9. The van der Waals surface area contributed by atoms with Crippen LogP contribution in [-0.2, 0) is 19.4 Å². The number of carbonyl (C=O) groups is 2. The Labute approximate surface area is 271 Å². The second-order valence-corrected chi connectivity index (χ2v) is 17.2. The van der Waals surface area contributed by atoms with E-state index in [0.717, 1.165) is 24.0 Å². The first kappa shape index (κ1) is 32.5. The molecule has 3 aromatic rings. The van der Waals surface area contributed by atoms with Gasteiger partial charge in [-0.15, -0.1) is 0 Å². The first-order chi connectivity index (χ1) is 20.7. The highest BCUT2D eigenvalue weighted by Crippen LogP contribution is 2.54. The fourth-order valence-corrected chi connectivity index (χ4v) is 8.10. The van der Waals surface area contributed by atoms with Crippen molar-refractivity contribution < 1.29 is 18.0 Å². The summed E-state index contributed by atoms with van der Waals surface area (Å²) in [6.45, 7) is 6.94. The van der Waals surface area contributed by atoms with Crippen LogP contribution in [0.4, 0.5) is 5.69 Å². The number of hydrogen-bond acceptors (Lipinski definition) is 4. The molecule has 0 unspecified atom stereocenters. The summed E-state index contributed by atoms with van der Waals surface area (Å²) in [6.07, 6.45) is 2.01. The molecule has 0 radical (unpaired) electrons. The number of halogens is 2. The molecule has 2 aliphatic rings. The van der Waals surface area contributed by atoms with Crippen molar-refractivity contribution in [1.29, 1.82) is 0 Å². The van der Waals surface area contributed by atoms with E-state index in [0.29, 0.717) is 22.2 Å². The number of nitrogens with zero attached hydrogens (tertiary/aromatic N) is 1. The van der Waals surface area contributed by atoms with Crippen LogP contribution in [0.1, 0.15) is 76.5 Å². The molecule has 1 aliphatic heterocycles.